The van der Waals surface area contributed by atoms with Crippen LogP contribution >= 0.6 is 0 Å². The van der Waals surface area contributed by atoms with Crippen LogP contribution in [0.2, 0.25) is 0 Å². The third kappa shape index (κ3) is 3.21. The molecule has 44 heavy (non-hydrogen) atoms. The lowest BCUT2D eigenvalue weighted by Gasteiger charge is -2.42. The first-order valence-electron chi connectivity index (χ1n) is 14.8. The molecule has 1 aliphatic heterocycles. The van der Waals surface area contributed by atoms with Crippen molar-refractivity contribution in [2.24, 2.45) is 0 Å². The number of hydrogen-bond donors (Lipinski definition) is 2. The zero-order valence-corrected chi connectivity index (χ0v) is 23.7. The van der Waals surface area contributed by atoms with Crippen LogP contribution in [-0.4, -0.2) is 10.2 Å². The summed E-state index contributed by atoms with van der Waals surface area (Å²) >= 11 is 0. The fraction of sp³-hybridized carbons (Fsp3) is 0.0244. The Balaban J connectivity index is 1.55. The van der Waals surface area contributed by atoms with Gasteiger partial charge in [-0.2, -0.15) is 0 Å². The third-order valence-electron chi connectivity index (χ3n) is 9.33. The van der Waals surface area contributed by atoms with Gasteiger partial charge in [-0.1, -0.05) is 133 Å². The lowest BCUT2D eigenvalue weighted by molar-refractivity contribution is 0.445. The monoisotopic (exact) mass is 566 g/mol. The van der Waals surface area contributed by atoms with Gasteiger partial charge in [0.15, 0.2) is 0 Å². The first kappa shape index (κ1) is 24.8. The molecule has 2 N–H and O–H groups in total. The topological polar surface area (TPSA) is 49.7 Å². The number of hydrogen-bond acceptors (Lipinski definition) is 3. The predicted octanol–water partition coefficient (Wildman–Crippen LogP) is 10.2. The Labute approximate surface area is 253 Å². The highest BCUT2D eigenvalue weighted by atomic mass is 16.5. The summed E-state index contributed by atoms with van der Waals surface area (Å²) < 4.78 is 7.23. The highest BCUT2D eigenvalue weighted by Gasteiger charge is 2.46. The Bertz CT molecular complexity index is 2260. The van der Waals surface area contributed by atoms with Crippen LogP contribution in [0.1, 0.15) is 22.3 Å². The number of rotatable bonds is 2. The van der Waals surface area contributed by atoms with Crippen molar-refractivity contribution in [1.82, 2.24) is 0 Å². The van der Waals surface area contributed by atoms with Gasteiger partial charge in [-0.3, -0.25) is 0 Å². The smallest absolute Gasteiger partial charge is 0.140 e. The Morgan fingerprint density at radius 1 is 0.409 bits per heavy atom. The summed E-state index contributed by atoms with van der Waals surface area (Å²) in [6.45, 7) is 0. The van der Waals surface area contributed by atoms with E-state index < -0.39 is 5.41 Å². The molecule has 0 saturated heterocycles. The largest absolute Gasteiger partial charge is 0.507 e. The van der Waals surface area contributed by atoms with Crippen molar-refractivity contribution in [2.45, 2.75) is 5.41 Å². The molecule has 0 spiro atoms. The van der Waals surface area contributed by atoms with Gasteiger partial charge in [0, 0.05) is 32.7 Å². The molecular weight excluding hydrogens is 540 g/mol. The predicted molar refractivity (Wildman–Crippen MR) is 178 cm³/mol. The lowest BCUT2D eigenvalue weighted by atomic mass is 9.63. The van der Waals surface area contributed by atoms with Gasteiger partial charge in [0.2, 0.25) is 0 Å². The number of ether oxygens (including phenoxy) is 1. The van der Waals surface area contributed by atoms with Gasteiger partial charge in [0.1, 0.15) is 23.0 Å². The number of phenolic OH excluding ortho intramolecular Hbond substituents is 2. The van der Waals surface area contributed by atoms with Crippen molar-refractivity contribution in [2.75, 3.05) is 0 Å². The Kier molecular flexibility index (Phi) is 5.12. The first-order valence-corrected chi connectivity index (χ1v) is 14.8. The van der Waals surface area contributed by atoms with Crippen molar-refractivity contribution < 1.29 is 14.9 Å². The van der Waals surface area contributed by atoms with Gasteiger partial charge in [-0.25, -0.2) is 0 Å². The zero-order valence-electron chi connectivity index (χ0n) is 23.7. The maximum Gasteiger partial charge on any atom is 0.140 e. The minimum Gasteiger partial charge on any atom is -0.507 e. The molecule has 0 amide bonds. The molecule has 3 nitrogen and oxygen atoms in total. The van der Waals surface area contributed by atoms with Gasteiger partial charge in [0.05, 0.1) is 5.41 Å². The second kappa shape index (κ2) is 9.10. The Morgan fingerprint density at radius 3 is 1.23 bits per heavy atom. The molecule has 0 atom stereocenters. The molecule has 0 bridgehead atoms. The van der Waals surface area contributed by atoms with E-state index in [1.165, 1.54) is 0 Å². The number of aromatic hydroxyl groups is 2. The Morgan fingerprint density at radius 2 is 0.795 bits per heavy atom. The molecule has 1 heterocycles. The summed E-state index contributed by atoms with van der Waals surface area (Å²) in [5.74, 6) is 2.02. The Hall–Kier alpha value is -5.80. The number of benzene rings is 8. The number of fused-ring (bicyclic) bond motifs is 10. The SMILES string of the molecule is Oc1cc2ccc3c(c2c2ccccc12)Oc1c(ccc2cc(O)c4ccccc4c12)C3(c1ccccc1)c1ccccc1. The maximum atomic E-state index is 11.0. The average Bonchev–Trinajstić information content (AvgIpc) is 3.08. The fourth-order valence-corrected chi connectivity index (χ4v) is 7.51. The molecule has 0 aliphatic carbocycles. The van der Waals surface area contributed by atoms with Crippen molar-refractivity contribution in [3.05, 3.63) is 168 Å². The minimum atomic E-state index is -0.716. The molecule has 0 unspecified atom stereocenters. The molecule has 1 aliphatic rings. The van der Waals surface area contributed by atoms with E-state index in [0.29, 0.717) is 0 Å². The molecule has 0 fully saturated rings. The molecule has 8 aromatic carbocycles. The van der Waals surface area contributed by atoms with Crippen LogP contribution in [0.3, 0.4) is 0 Å². The standard InChI is InChI=1S/C41H26O3/c42-35-23-25-19-21-33-39(37(25)31-17-9-7-15-29(31)35)44-40-34(22-20-26-24-36(43)30-16-8-10-18-32(30)38(26)40)41(33,27-11-3-1-4-12-27)28-13-5-2-6-14-28/h1-24,42-43H. The van der Waals surface area contributed by atoms with E-state index in [0.717, 1.165) is 76.8 Å². The molecule has 0 saturated carbocycles. The van der Waals surface area contributed by atoms with E-state index in [1.807, 2.05) is 48.5 Å². The summed E-state index contributed by atoms with van der Waals surface area (Å²) in [6.07, 6.45) is 0. The van der Waals surface area contributed by atoms with Crippen LogP contribution in [0.4, 0.5) is 0 Å². The molecule has 9 rings (SSSR count). The molecule has 0 aromatic heterocycles. The second-order valence-electron chi connectivity index (χ2n) is 11.5. The summed E-state index contributed by atoms with van der Waals surface area (Å²) in [6, 6.07) is 49.4. The lowest BCUT2D eigenvalue weighted by Crippen LogP contribution is -2.34. The van der Waals surface area contributed by atoms with Gasteiger partial charge in [-0.15, -0.1) is 0 Å². The molecular formula is C41H26O3. The summed E-state index contributed by atoms with van der Waals surface area (Å²) in [4.78, 5) is 0. The maximum absolute atomic E-state index is 11.0. The molecule has 8 aromatic rings. The van der Waals surface area contributed by atoms with Gasteiger partial charge in [-0.05, 0) is 44.8 Å². The van der Waals surface area contributed by atoms with Crippen molar-refractivity contribution in [3.63, 3.8) is 0 Å². The summed E-state index contributed by atoms with van der Waals surface area (Å²) in [7, 11) is 0. The van der Waals surface area contributed by atoms with Gasteiger partial charge >= 0.3 is 0 Å². The molecule has 0 radical (unpaired) electrons. The van der Waals surface area contributed by atoms with Crippen LogP contribution in [-0.2, 0) is 5.41 Å². The van der Waals surface area contributed by atoms with Crippen LogP contribution in [0, 0.1) is 0 Å². The highest BCUT2D eigenvalue weighted by Crippen LogP contribution is 2.60. The summed E-state index contributed by atoms with van der Waals surface area (Å²) in [5.41, 5.74) is 3.61. The van der Waals surface area contributed by atoms with E-state index in [-0.39, 0.29) is 11.5 Å². The minimum absolute atomic E-state index is 0.244. The highest BCUT2D eigenvalue weighted by molar-refractivity contribution is 6.16. The summed E-state index contributed by atoms with van der Waals surface area (Å²) in [5, 5.41) is 29.2. The van der Waals surface area contributed by atoms with Crippen LogP contribution in [0.25, 0.3) is 43.1 Å². The average molecular weight is 567 g/mol. The molecule has 3 heteroatoms. The third-order valence-corrected chi connectivity index (χ3v) is 9.33. The molecule has 208 valence electrons. The van der Waals surface area contributed by atoms with E-state index in [2.05, 4.69) is 97.1 Å². The van der Waals surface area contributed by atoms with Crippen molar-refractivity contribution in [3.8, 4) is 23.0 Å². The van der Waals surface area contributed by atoms with E-state index >= 15 is 0 Å². The van der Waals surface area contributed by atoms with Crippen LogP contribution < -0.4 is 4.74 Å². The van der Waals surface area contributed by atoms with Gasteiger partial charge in [0.25, 0.3) is 0 Å². The quantitative estimate of drug-likeness (QED) is 0.205. The van der Waals surface area contributed by atoms with Crippen LogP contribution in [0.15, 0.2) is 146 Å². The zero-order chi connectivity index (χ0) is 29.4. The van der Waals surface area contributed by atoms with E-state index in [1.54, 1.807) is 0 Å². The first-order chi connectivity index (χ1) is 21.7. The normalized spacial score (nSPS) is 13.5. The van der Waals surface area contributed by atoms with Crippen molar-refractivity contribution in [1.29, 1.82) is 0 Å². The fourth-order valence-electron chi connectivity index (χ4n) is 7.51. The van der Waals surface area contributed by atoms with E-state index in [4.69, 9.17) is 4.74 Å². The van der Waals surface area contributed by atoms with Crippen molar-refractivity contribution >= 4 is 43.1 Å². The second-order valence-corrected chi connectivity index (χ2v) is 11.5. The number of phenols is 2. The van der Waals surface area contributed by atoms with Gasteiger partial charge < -0.3 is 14.9 Å². The van der Waals surface area contributed by atoms with E-state index in [9.17, 15) is 10.2 Å². The van der Waals surface area contributed by atoms with Crippen LogP contribution in [0.5, 0.6) is 23.0 Å².